The predicted octanol–water partition coefficient (Wildman–Crippen LogP) is 2.44. The molecule has 1 amide bonds. The second kappa shape index (κ2) is 5.80. The molecule has 0 saturated carbocycles. The Bertz CT molecular complexity index is 873. The molecular formula is C16H14N4O3. The minimum absolute atomic E-state index is 0.0507. The van der Waals surface area contributed by atoms with E-state index in [-0.39, 0.29) is 23.1 Å². The van der Waals surface area contributed by atoms with Crippen LogP contribution in [0, 0.1) is 6.92 Å². The van der Waals surface area contributed by atoms with Gasteiger partial charge in [0.2, 0.25) is 0 Å². The van der Waals surface area contributed by atoms with Crippen molar-refractivity contribution in [1.29, 1.82) is 0 Å². The van der Waals surface area contributed by atoms with Gasteiger partial charge >= 0.3 is 0 Å². The minimum atomic E-state index is -0.389. The molecule has 0 fully saturated rings. The van der Waals surface area contributed by atoms with Gasteiger partial charge in [-0.25, -0.2) is 4.98 Å². The molecule has 0 aliphatic heterocycles. The van der Waals surface area contributed by atoms with E-state index in [1.165, 1.54) is 24.3 Å². The summed E-state index contributed by atoms with van der Waals surface area (Å²) in [5.41, 5.74) is 1.83. The molecule has 4 N–H and O–H groups in total. The summed E-state index contributed by atoms with van der Waals surface area (Å²) in [6.45, 7) is 1.83. The molecule has 0 bridgehead atoms. The summed E-state index contributed by atoms with van der Waals surface area (Å²) >= 11 is 0. The molecule has 116 valence electrons. The quantitative estimate of drug-likeness (QED) is 0.594. The predicted molar refractivity (Wildman–Crippen MR) is 84.3 cm³/mol. The summed E-state index contributed by atoms with van der Waals surface area (Å²) in [5, 5.41) is 28.4. The van der Waals surface area contributed by atoms with Crippen molar-refractivity contribution in [3.8, 4) is 22.8 Å². The molecule has 0 aliphatic rings. The van der Waals surface area contributed by atoms with Gasteiger partial charge in [-0.1, -0.05) is 6.07 Å². The summed E-state index contributed by atoms with van der Waals surface area (Å²) in [4.78, 5) is 16.4. The summed E-state index contributed by atoms with van der Waals surface area (Å²) in [5.74, 6) is -0.118. The summed E-state index contributed by atoms with van der Waals surface area (Å²) in [6, 6.07) is 11.0. The van der Waals surface area contributed by atoms with E-state index in [2.05, 4.69) is 20.5 Å². The van der Waals surface area contributed by atoms with Crippen molar-refractivity contribution < 1.29 is 15.0 Å². The van der Waals surface area contributed by atoms with Gasteiger partial charge in [-0.05, 0) is 37.3 Å². The van der Waals surface area contributed by atoms with E-state index in [0.29, 0.717) is 17.1 Å². The maximum atomic E-state index is 12.2. The molecule has 7 nitrogen and oxygen atoms in total. The van der Waals surface area contributed by atoms with Crippen molar-refractivity contribution in [1.82, 2.24) is 15.2 Å². The Morgan fingerprint density at radius 3 is 2.74 bits per heavy atom. The topological polar surface area (TPSA) is 111 Å². The van der Waals surface area contributed by atoms with Crippen LogP contribution in [0.25, 0.3) is 11.3 Å². The van der Waals surface area contributed by atoms with Gasteiger partial charge < -0.3 is 15.5 Å². The van der Waals surface area contributed by atoms with Crippen LogP contribution in [0.5, 0.6) is 11.5 Å². The number of aromatic nitrogens is 3. The van der Waals surface area contributed by atoms with Crippen LogP contribution in [-0.2, 0) is 0 Å². The third kappa shape index (κ3) is 3.13. The van der Waals surface area contributed by atoms with Gasteiger partial charge in [0, 0.05) is 17.3 Å². The number of H-pyrrole nitrogens is 1. The van der Waals surface area contributed by atoms with E-state index >= 15 is 0 Å². The molecule has 7 heteroatoms. The molecule has 0 radical (unpaired) electrons. The Kier molecular flexibility index (Phi) is 3.68. The van der Waals surface area contributed by atoms with Crippen molar-refractivity contribution in [2.75, 3.05) is 5.32 Å². The van der Waals surface area contributed by atoms with Gasteiger partial charge in [0.1, 0.15) is 23.0 Å². The Labute approximate surface area is 131 Å². The lowest BCUT2D eigenvalue weighted by Gasteiger charge is -2.03. The Morgan fingerprint density at radius 1 is 1.17 bits per heavy atom. The van der Waals surface area contributed by atoms with Crippen LogP contribution >= 0.6 is 0 Å². The minimum Gasteiger partial charge on any atom is -0.508 e. The first kappa shape index (κ1) is 14.6. The Hall–Kier alpha value is -3.35. The molecule has 0 unspecified atom stereocenters. The average Bonchev–Trinajstić information content (AvgIpc) is 2.97. The fourth-order valence-corrected chi connectivity index (χ4v) is 2.11. The lowest BCUT2D eigenvalue weighted by molar-refractivity contribution is 0.102. The van der Waals surface area contributed by atoms with Gasteiger partial charge in [-0.15, -0.1) is 0 Å². The van der Waals surface area contributed by atoms with Crippen LogP contribution in [0.3, 0.4) is 0 Å². The number of benzene rings is 1. The highest BCUT2D eigenvalue weighted by Crippen LogP contribution is 2.31. The van der Waals surface area contributed by atoms with Gasteiger partial charge in [0.15, 0.2) is 0 Å². The fraction of sp³-hybridized carbons (Fsp3) is 0.0625. The summed E-state index contributed by atoms with van der Waals surface area (Å²) in [7, 11) is 0. The number of anilines is 1. The lowest BCUT2D eigenvalue weighted by Crippen LogP contribution is -2.13. The number of hydrogen-bond acceptors (Lipinski definition) is 5. The largest absolute Gasteiger partial charge is 0.508 e. The SMILES string of the molecule is Cc1cccc(NC(=O)c2cc(-c3ccc(O)cc3O)n[nH]2)n1. The van der Waals surface area contributed by atoms with Crippen LogP contribution in [0.4, 0.5) is 5.82 Å². The number of hydrogen-bond donors (Lipinski definition) is 4. The number of aromatic amines is 1. The van der Waals surface area contributed by atoms with Crippen molar-refractivity contribution in [3.05, 3.63) is 53.9 Å². The number of nitrogens with zero attached hydrogens (tertiary/aromatic N) is 2. The number of carbonyl (C=O) groups excluding carboxylic acids is 1. The van der Waals surface area contributed by atoms with Crippen LogP contribution in [0.1, 0.15) is 16.2 Å². The van der Waals surface area contributed by atoms with Crippen LogP contribution in [0.2, 0.25) is 0 Å². The number of nitrogens with one attached hydrogen (secondary N) is 2. The van der Waals surface area contributed by atoms with Crippen LogP contribution in [-0.4, -0.2) is 31.3 Å². The van der Waals surface area contributed by atoms with Gasteiger partial charge in [-0.3, -0.25) is 9.89 Å². The number of aromatic hydroxyl groups is 2. The molecule has 2 heterocycles. The highest BCUT2D eigenvalue weighted by molar-refractivity contribution is 6.03. The molecule has 3 rings (SSSR count). The van der Waals surface area contributed by atoms with E-state index in [1.54, 1.807) is 12.1 Å². The molecule has 0 aliphatic carbocycles. The van der Waals surface area contributed by atoms with Gasteiger partial charge in [0.05, 0.1) is 5.69 Å². The van der Waals surface area contributed by atoms with Crippen LogP contribution < -0.4 is 5.32 Å². The summed E-state index contributed by atoms with van der Waals surface area (Å²) in [6.07, 6.45) is 0. The normalized spacial score (nSPS) is 10.5. The van der Waals surface area contributed by atoms with E-state index in [0.717, 1.165) is 5.69 Å². The number of phenols is 2. The third-order valence-corrected chi connectivity index (χ3v) is 3.21. The number of rotatable bonds is 3. The number of pyridine rings is 1. The number of phenolic OH excluding ortho intramolecular Hbond substituents is 2. The smallest absolute Gasteiger partial charge is 0.274 e. The number of carbonyl (C=O) groups is 1. The first-order valence-corrected chi connectivity index (χ1v) is 6.86. The molecule has 0 spiro atoms. The maximum Gasteiger partial charge on any atom is 0.274 e. The third-order valence-electron chi connectivity index (χ3n) is 3.21. The lowest BCUT2D eigenvalue weighted by atomic mass is 10.1. The van der Waals surface area contributed by atoms with E-state index in [1.807, 2.05) is 13.0 Å². The zero-order chi connectivity index (χ0) is 16.4. The molecule has 2 aromatic heterocycles. The van der Waals surface area contributed by atoms with Gasteiger partial charge in [0.25, 0.3) is 5.91 Å². The van der Waals surface area contributed by atoms with E-state index < -0.39 is 0 Å². The molecule has 23 heavy (non-hydrogen) atoms. The van der Waals surface area contributed by atoms with Crippen molar-refractivity contribution in [3.63, 3.8) is 0 Å². The number of aryl methyl sites for hydroxylation is 1. The van der Waals surface area contributed by atoms with Crippen molar-refractivity contribution in [2.24, 2.45) is 0 Å². The van der Waals surface area contributed by atoms with E-state index in [4.69, 9.17) is 0 Å². The van der Waals surface area contributed by atoms with Crippen molar-refractivity contribution >= 4 is 11.7 Å². The average molecular weight is 310 g/mol. The van der Waals surface area contributed by atoms with Crippen LogP contribution in [0.15, 0.2) is 42.5 Å². The zero-order valence-corrected chi connectivity index (χ0v) is 12.2. The second-order valence-electron chi connectivity index (χ2n) is 4.99. The van der Waals surface area contributed by atoms with E-state index in [9.17, 15) is 15.0 Å². The summed E-state index contributed by atoms with van der Waals surface area (Å²) < 4.78 is 0. The standard InChI is InChI=1S/C16H14N4O3/c1-9-3-2-4-15(17-9)18-16(23)13-8-12(19-20-13)11-6-5-10(21)7-14(11)22/h2-8,21-22H,1H3,(H,19,20)(H,17,18,23). The highest BCUT2D eigenvalue weighted by Gasteiger charge is 2.14. The van der Waals surface area contributed by atoms with Gasteiger partial charge in [-0.2, -0.15) is 5.10 Å². The monoisotopic (exact) mass is 310 g/mol. The highest BCUT2D eigenvalue weighted by atomic mass is 16.3. The molecule has 3 aromatic rings. The zero-order valence-electron chi connectivity index (χ0n) is 12.2. The van der Waals surface area contributed by atoms with Crippen molar-refractivity contribution in [2.45, 2.75) is 6.92 Å². The number of amides is 1. The molecule has 0 atom stereocenters. The molecule has 0 saturated heterocycles. The Morgan fingerprint density at radius 2 is 2.00 bits per heavy atom. The second-order valence-corrected chi connectivity index (χ2v) is 4.99. The molecule has 1 aromatic carbocycles. The Balaban J connectivity index is 1.82. The maximum absolute atomic E-state index is 12.2. The first-order valence-electron chi connectivity index (χ1n) is 6.86. The molecular weight excluding hydrogens is 296 g/mol. The first-order chi connectivity index (χ1) is 11.0. The fourth-order valence-electron chi connectivity index (χ4n) is 2.11.